The maximum Gasteiger partial charge on any atom is 0.300 e. The van der Waals surface area contributed by atoms with Gasteiger partial charge in [-0.2, -0.15) is 0 Å². The molecule has 2 aliphatic heterocycles. The van der Waals surface area contributed by atoms with Gasteiger partial charge in [-0.25, -0.2) is 13.2 Å². The summed E-state index contributed by atoms with van der Waals surface area (Å²) in [7, 11) is 0. The highest BCUT2D eigenvalue weighted by atomic mass is 79.9. The van der Waals surface area contributed by atoms with Crippen molar-refractivity contribution in [1.29, 1.82) is 0 Å². The molecule has 11 heteroatoms. The number of likely N-dealkylation sites (tertiary alicyclic amines) is 1. The van der Waals surface area contributed by atoms with Crippen LogP contribution < -0.4 is 10.6 Å². The molecule has 2 aromatic carbocycles. The Hall–Kier alpha value is -2.63. The molecule has 2 fully saturated rings. The summed E-state index contributed by atoms with van der Waals surface area (Å²) in [6.07, 6.45) is 2.87. The van der Waals surface area contributed by atoms with E-state index in [9.17, 15) is 23.1 Å². The number of carboxylic acids is 1. The summed E-state index contributed by atoms with van der Waals surface area (Å²) in [5, 5.41) is 24.0. The largest absolute Gasteiger partial charge is 0.481 e. The minimum absolute atomic E-state index is 0.0918. The maximum absolute atomic E-state index is 14.5. The van der Waals surface area contributed by atoms with Crippen LogP contribution >= 0.6 is 15.9 Å². The molecule has 34 heavy (non-hydrogen) atoms. The average Bonchev–Trinajstić information content (AvgIpc) is 2.76. The average molecular weight is 544 g/mol. The number of hydrogen-bond donors (Lipinski definition) is 4. The number of anilines is 2. The fraction of sp³-hybridized carbons (Fsp3) is 0.391. The highest BCUT2D eigenvalue weighted by Gasteiger charge is 2.49. The molecule has 2 heterocycles. The number of amides is 1. The highest BCUT2D eigenvalue weighted by molar-refractivity contribution is 9.10. The second-order valence-corrected chi connectivity index (χ2v) is 9.24. The van der Waals surface area contributed by atoms with Gasteiger partial charge in [0.15, 0.2) is 11.6 Å². The van der Waals surface area contributed by atoms with E-state index in [1.54, 1.807) is 0 Å². The number of halogens is 4. The predicted octanol–water partition coefficient (Wildman–Crippen LogP) is 4.03. The molecule has 2 aromatic rings. The van der Waals surface area contributed by atoms with Crippen molar-refractivity contribution in [1.82, 2.24) is 10.2 Å². The second kappa shape index (κ2) is 10.7. The number of piperidine rings is 1. The summed E-state index contributed by atoms with van der Waals surface area (Å²) in [4.78, 5) is 23.4. The summed E-state index contributed by atoms with van der Waals surface area (Å²) in [6.45, 7) is 2.08. The molecular weight excluding hydrogens is 519 g/mol. The summed E-state index contributed by atoms with van der Waals surface area (Å²) < 4.78 is 43.1. The molecule has 0 bridgehead atoms. The zero-order valence-electron chi connectivity index (χ0n) is 18.4. The molecule has 184 valence electrons. The van der Waals surface area contributed by atoms with E-state index in [1.165, 1.54) is 23.1 Å². The molecule has 0 radical (unpaired) electrons. The number of aliphatic carboxylic acids is 1. The van der Waals surface area contributed by atoms with Gasteiger partial charge in [0.25, 0.3) is 11.9 Å². The lowest BCUT2D eigenvalue weighted by molar-refractivity contribution is -0.134. The SMILES string of the molecule is CC(=O)O.O=C(c1ccc(F)c(F)c1Nc1ccc(Br)cc1F)N1CC(O)(C2CCCCN2)C1. The lowest BCUT2D eigenvalue weighted by Crippen LogP contribution is -2.72. The lowest BCUT2D eigenvalue weighted by atomic mass is 9.81. The van der Waals surface area contributed by atoms with Crippen LogP contribution in [-0.2, 0) is 4.79 Å². The van der Waals surface area contributed by atoms with E-state index in [0.717, 1.165) is 44.9 Å². The van der Waals surface area contributed by atoms with Gasteiger partial charge in [-0.1, -0.05) is 22.4 Å². The Bertz CT molecular complexity index is 1070. The lowest BCUT2D eigenvalue weighted by Gasteiger charge is -2.51. The van der Waals surface area contributed by atoms with Crippen molar-refractivity contribution >= 4 is 39.2 Å². The van der Waals surface area contributed by atoms with Crippen LogP contribution in [0.5, 0.6) is 0 Å². The Morgan fingerprint density at radius 3 is 2.41 bits per heavy atom. The van der Waals surface area contributed by atoms with Gasteiger partial charge in [0, 0.05) is 17.4 Å². The van der Waals surface area contributed by atoms with Gasteiger partial charge in [-0.15, -0.1) is 0 Å². The molecule has 1 atom stereocenters. The number of nitrogens with one attached hydrogen (secondary N) is 2. The first-order valence-corrected chi connectivity index (χ1v) is 11.5. The summed E-state index contributed by atoms with van der Waals surface area (Å²) in [5.74, 6) is -4.51. The van der Waals surface area contributed by atoms with Crippen LogP contribution in [-0.4, -0.2) is 58.3 Å². The smallest absolute Gasteiger partial charge is 0.300 e. The van der Waals surface area contributed by atoms with Crippen LogP contribution in [0.4, 0.5) is 24.5 Å². The van der Waals surface area contributed by atoms with Crippen molar-refractivity contribution in [2.45, 2.75) is 37.8 Å². The number of hydrogen-bond acceptors (Lipinski definition) is 5. The number of aliphatic hydroxyl groups is 1. The van der Waals surface area contributed by atoms with Gasteiger partial charge in [-0.05, 0) is 49.7 Å². The maximum atomic E-state index is 14.5. The van der Waals surface area contributed by atoms with Gasteiger partial charge in [0.1, 0.15) is 11.4 Å². The molecule has 1 unspecified atom stereocenters. The van der Waals surface area contributed by atoms with Crippen LogP contribution in [0.2, 0.25) is 0 Å². The topological polar surface area (TPSA) is 102 Å². The molecule has 2 saturated heterocycles. The van der Waals surface area contributed by atoms with Gasteiger partial charge < -0.3 is 25.7 Å². The first-order chi connectivity index (χ1) is 16.0. The van der Waals surface area contributed by atoms with Gasteiger partial charge >= 0.3 is 0 Å². The molecule has 1 amide bonds. The van der Waals surface area contributed by atoms with Gasteiger partial charge in [0.05, 0.1) is 30.0 Å². The van der Waals surface area contributed by atoms with Gasteiger partial charge in [-0.3, -0.25) is 9.59 Å². The number of carbonyl (C=O) groups excluding carboxylic acids is 1. The standard InChI is InChI=1S/C21H21BrF3N3O2.C2H4O2/c22-12-4-7-16(15(24)9-12)27-19-13(5-6-14(23)18(19)25)20(29)28-10-21(30,11-28)17-3-1-2-8-26-17;1-2(3)4/h4-7,9,17,26-27,30H,1-3,8,10-11H2;1H3,(H,3,4). The van der Waals surface area contributed by atoms with Gasteiger partial charge in [0.2, 0.25) is 0 Å². The first-order valence-electron chi connectivity index (χ1n) is 10.7. The summed E-state index contributed by atoms with van der Waals surface area (Å²) >= 11 is 3.13. The van der Waals surface area contributed by atoms with Crippen LogP contribution in [0.25, 0.3) is 0 Å². The number of carboxylic acid groups (broad SMARTS) is 1. The quantitative estimate of drug-likeness (QED) is 0.464. The summed E-state index contributed by atoms with van der Waals surface area (Å²) in [6, 6.07) is 5.99. The predicted molar refractivity (Wildman–Crippen MR) is 124 cm³/mol. The number of rotatable bonds is 4. The van der Waals surface area contributed by atoms with Crippen LogP contribution in [0.1, 0.15) is 36.5 Å². The third-order valence-corrected chi connectivity index (χ3v) is 6.18. The van der Waals surface area contributed by atoms with E-state index >= 15 is 0 Å². The van der Waals surface area contributed by atoms with Crippen LogP contribution in [0.3, 0.4) is 0 Å². The van der Waals surface area contributed by atoms with E-state index in [1.807, 2.05) is 0 Å². The fourth-order valence-electron chi connectivity index (χ4n) is 4.04. The Balaban J connectivity index is 0.000000751. The summed E-state index contributed by atoms with van der Waals surface area (Å²) in [5.41, 5.74) is -1.70. The van der Waals surface area contributed by atoms with Crippen molar-refractivity contribution < 1.29 is 33.0 Å². The molecule has 2 aliphatic rings. The Kier molecular flexibility index (Phi) is 8.21. The van der Waals surface area contributed by atoms with Crippen molar-refractivity contribution in [3.8, 4) is 0 Å². The third kappa shape index (κ3) is 5.89. The van der Waals surface area contributed by atoms with Crippen molar-refractivity contribution in [2.75, 3.05) is 25.0 Å². The zero-order valence-corrected chi connectivity index (χ0v) is 20.0. The van der Waals surface area contributed by atoms with Crippen molar-refractivity contribution in [2.24, 2.45) is 0 Å². The molecule has 7 nitrogen and oxygen atoms in total. The number of nitrogens with zero attached hydrogens (tertiary/aromatic N) is 1. The monoisotopic (exact) mass is 543 g/mol. The number of benzene rings is 2. The molecule has 0 aromatic heterocycles. The van der Waals surface area contributed by atoms with Crippen molar-refractivity contribution in [3.63, 3.8) is 0 Å². The van der Waals surface area contributed by atoms with Crippen LogP contribution in [0, 0.1) is 17.5 Å². The molecule has 4 N–H and O–H groups in total. The fourth-order valence-corrected chi connectivity index (χ4v) is 4.37. The normalized spacial score (nSPS) is 18.9. The highest BCUT2D eigenvalue weighted by Crippen LogP contribution is 2.34. The third-order valence-electron chi connectivity index (χ3n) is 5.69. The molecule has 0 aliphatic carbocycles. The Labute approximate surface area is 203 Å². The molecule has 0 saturated carbocycles. The minimum atomic E-state index is -1.27. The number of carbonyl (C=O) groups is 2. The first kappa shape index (κ1) is 26.0. The second-order valence-electron chi connectivity index (χ2n) is 8.32. The van der Waals surface area contributed by atoms with E-state index in [2.05, 4.69) is 26.6 Å². The Morgan fingerprint density at radius 1 is 1.15 bits per heavy atom. The van der Waals surface area contributed by atoms with E-state index in [0.29, 0.717) is 4.47 Å². The van der Waals surface area contributed by atoms with Crippen molar-refractivity contribution in [3.05, 3.63) is 57.8 Å². The van der Waals surface area contributed by atoms with E-state index in [4.69, 9.17) is 9.90 Å². The van der Waals surface area contributed by atoms with Crippen LogP contribution in [0.15, 0.2) is 34.8 Å². The number of β-amino-alcohol motifs (C(OH)–C–C–N with tert-alkyl or cyclic N) is 1. The van der Waals surface area contributed by atoms with E-state index < -0.39 is 40.6 Å². The molecule has 0 spiro atoms. The Morgan fingerprint density at radius 2 is 1.82 bits per heavy atom. The minimum Gasteiger partial charge on any atom is -0.481 e. The zero-order chi connectivity index (χ0) is 25.0. The van der Waals surface area contributed by atoms with E-state index in [-0.39, 0.29) is 30.4 Å². The molecule has 4 rings (SSSR count). The molecular formula is C23H25BrF3N3O4.